The lowest BCUT2D eigenvalue weighted by atomic mass is 10.1. The molecule has 0 aromatic heterocycles. The summed E-state index contributed by atoms with van der Waals surface area (Å²) in [5, 5.41) is 23.8. The summed E-state index contributed by atoms with van der Waals surface area (Å²) in [4.78, 5) is 22.9. The first kappa shape index (κ1) is 24.6. The van der Waals surface area contributed by atoms with Crippen molar-refractivity contribution in [3.63, 3.8) is 0 Å². The second-order valence-corrected chi connectivity index (χ2v) is 7.67. The number of nitro groups is 1. The molecule has 0 spiro atoms. The van der Waals surface area contributed by atoms with Gasteiger partial charge in [0.2, 0.25) is 0 Å². The molecule has 8 nitrogen and oxygen atoms in total. The van der Waals surface area contributed by atoms with E-state index in [9.17, 15) is 20.2 Å². The van der Waals surface area contributed by atoms with Crippen molar-refractivity contribution in [3.05, 3.63) is 97.5 Å². The van der Waals surface area contributed by atoms with Crippen LogP contribution in [0.25, 0.3) is 6.08 Å². The van der Waals surface area contributed by atoms with E-state index < -0.39 is 10.8 Å². The van der Waals surface area contributed by atoms with Crippen LogP contribution < -0.4 is 14.8 Å². The molecule has 1 amide bonds. The molecular weight excluding hydrogens is 481 g/mol. The van der Waals surface area contributed by atoms with E-state index in [1.54, 1.807) is 36.4 Å². The van der Waals surface area contributed by atoms with E-state index in [1.165, 1.54) is 37.5 Å². The number of carbonyl (C=O) groups is 1. The fourth-order valence-corrected chi connectivity index (χ4v) is 3.38. The molecule has 0 fully saturated rings. The lowest BCUT2D eigenvalue weighted by molar-refractivity contribution is -0.384. The smallest absolute Gasteiger partial charge is 0.269 e. The van der Waals surface area contributed by atoms with Crippen LogP contribution in [0.1, 0.15) is 11.1 Å². The number of nitrogens with one attached hydrogen (secondary N) is 1. The van der Waals surface area contributed by atoms with Gasteiger partial charge in [0, 0.05) is 39.0 Å². The molecule has 1 N–H and O–H groups in total. The number of non-ortho nitro benzene ring substituents is 1. The number of carbonyl (C=O) groups excluding carboxylic acids is 1. The number of nitrogens with zero attached hydrogens (tertiary/aromatic N) is 2. The minimum Gasteiger partial charge on any atom is -0.493 e. The number of amides is 1. The summed E-state index contributed by atoms with van der Waals surface area (Å²) in [6.07, 6.45) is 1.36. The summed E-state index contributed by atoms with van der Waals surface area (Å²) < 4.78 is 11.3. The number of nitro benzene ring substituents is 1. The zero-order chi connectivity index (χ0) is 24.7. The Morgan fingerprint density at radius 1 is 1.18 bits per heavy atom. The van der Waals surface area contributed by atoms with Gasteiger partial charge in [-0.15, -0.1) is 0 Å². The highest BCUT2D eigenvalue weighted by Gasteiger charge is 2.15. The molecule has 0 aliphatic heterocycles. The fraction of sp³-hybridized carbons (Fsp3) is 0.0833. The number of para-hydroxylation sites is 1. The molecule has 3 aromatic rings. The van der Waals surface area contributed by atoms with Crippen molar-refractivity contribution < 1.29 is 19.2 Å². The summed E-state index contributed by atoms with van der Waals surface area (Å²) in [5.74, 6) is 0.0182. The van der Waals surface area contributed by atoms with E-state index in [4.69, 9.17) is 32.7 Å². The number of ether oxygens (including phenoxy) is 2. The number of hydrogen-bond acceptors (Lipinski definition) is 6. The van der Waals surface area contributed by atoms with Gasteiger partial charge in [0.05, 0.1) is 12.0 Å². The molecule has 3 aromatic carbocycles. The van der Waals surface area contributed by atoms with Gasteiger partial charge in [0.25, 0.3) is 11.6 Å². The molecule has 0 aliphatic rings. The molecule has 10 heteroatoms. The van der Waals surface area contributed by atoms with Crippen molar-refractivity contribution in [3.8, 4) is 17.6 Å². The molecule has 0 saturated carbocycles. The standard InChI is InChI=1S/C24H17Cl2N3O5/c1-33-22-4-2-3-15(23(22)34-14-16-5-6-18(25)12-21(16)26)11-17(13-27)24(30)28-19-7-9-20(10-8-19)29(31)32/h2-12H,14H2,1H3,(H,28,30)/b17-11+. The molecule has 3 rings (SSSR count). The van der Waals surface area contributed by atoms with Crippen molar-refractivity contribution in [2.75, 3.05) is 12.4 Å². The van der Waals surface area contributed by atoms with E-state index in [-0.39, 0.29) is 17.9 Å². The second-order valence-electron chi connectivity index (χ2n) is 6.83. The molecular formula is C24H17Cl2N3O5. The third-order valence-electron chi connectivity index (χ3n) is 4.62. The van der Waals surface area contributed by atoms with Crippen molar-refractivity contribution >= 4 is 46.6 Å². The summed E-state index contributed by atoms with van der Waals surface area (Å²) in [7, 11) is 1.47. The van der Waals surface area contributed by atoms with Crippen LogP contribution >= 0.6 is 23.2 Å². The van der Waals surface area contributed by atoms with Crippen LogP contribution in [-0.2, 0) is 11.4 Å². The Bertz CT molecular complexity index is 1300. The zero-order valence-electron chi connectivity index (χ0n) is 17.7. The van der Waals surface area contributed by atoms with Gasteiger partial charge < -0.3 is 14.8 Å². The van der Waals surface area contributed by atoms with Crippen molar-refractivity contribution in [1.82, 2.24) is 0 Å². The number of methoxy groups -OCH3 is 1. The maximum Gasteiger partial charge on any atom is 0.269 e. The summed E-state index contributed by atoms with van der Waals surface area (Å²) in [6, 6.07) is 17.2. The number of nitriles is 1. The first-order valence-electron chi connectivity index (χ1n) is 9.73. The maximum absolute atomic E-state index is 12.7. The highest BCUT2D eigenvalue weighted by Crippen LogP contribution is 2.34. The van der Waals surface area contributed by atoms with Gasteiger partial charge in [-0.05, 0) is 36.4 Å². The first-order chi connectivity index (χ1) is 16.3. The molecule has 0 saturated heterocycles. The Balaban J connectivity index is 1.86. The third kappa shape index (κ3) is 6.04. The van der Waals surface area contributed by atoms with E-state index in [2.05, 4.69) is 5.32 Å². The minimum absolute atomic E-state index is 0.0914. The van der Waals surface area contributed by atoms with Crippen LogP contribution in [0.4, 0.5) is 11.4 Å². The molecule has 0 atom stereocenters. The number of rotatable bonds is 8. The quantitative estimate of drug-likeness (QED) is 0.175. The van der Waals surface area contributed by atoms with Crippen molar-refractivity contribution in [2.45, 2.75) is 6.61 Å². The fourth-order valence-electron chi connectivity index (χ4n) is 2.92. The van der Waals surface area contributed by atoms with Gasteiger partial charge in [-0.25, -0.2) is 0 Å². The second kappa shape index (κ2) is 11.2. The summed E-state index contributed by atoms with van der Waals surface area (Å²) in [6.45, 7) is 0.0914. The lowest BCUT2D eigenvalue weighted by Gasteiger charge is -2.14. The average Bonchev–Trinajstić information content (AvgIpc) is 2.82. The van der Waals surface area contributed by atoms with E-state index in [1.807, 2.05) is 6.07 Å². The highest BCUT2D eigenvalue weighted by molar-refractivity contribution is 6.35. The van der Waals surface area contributed by atoms with Gasteiger partial charge in [0.1, 0.15) is 18.2 Å². The first-order valence-corrected chi connectivity index (χ1v) is 10.5. The van der Waals surface area contributed by atoms with Crippen LogP contribution in [0.5, 0.6) is 11.5 Å². The topological polar surface area (TPSA) is 114 Å². The Kier molecular flexibility index (Phi) is 8.09. The van der Waals surface area contributed by atoms with Gasteiger partial charge in [-0.2, -0.15) is 5.26 Å². The molecule has 34 heavy (non-hydrogen) atoms. The average molecular weight is 498 g/mol. The Morgan fingerprint density at radius 3 is 2.53 bits per heavy atom. The highest BCUT2D eigenvalue weighted by atomic mass is 35.5. The van der Waals surface area contributed by atoms with Crippen molar-refractivity contribution in [2.24, 2.45) is 0 Å². The molecule has 0 heterocycles. The monoisotopic (exact) mass is 497 g/mol. The van der Waals surface area contributed by atoms with Gasteiger partial charge in [-0.1, -0.05) is 41.4 Å². The van der Waals surface area contributed by atoms with Crippen LogP contribution in [-0.4, -0.2) is 17.9 Å². The molecule has 0 aliphatic carbocycles. The van der Waals surface area contributed by atoms with Crippen LogP contribution in [0, 0.1) is 21.4 Å². The Hall–Kier alpha value is -4.06. The predicted octanol–water partition coefficient (Wildman–Crippen LogP) is 6.03. The van der Waals surface area contributed by atoms with E-state index in [0.717, 1.165) is 0 Å². The number of anilines is 1. The predicted molar refractivity (Wildman–Crippen MR) is 129 cm³/mol. The largest absolute Gasteiger partial charge is 0.493 e. The Morgan fingerprint density at radius 2 is 1.91 bits per heavy atom. The zero-order valence-corrected chi connectivity index (χ0v) is 19.3. The Labute approximate surface area is 205 Å². The van der Waals surface area contributed by atoms with Crippen LogP contribution in [0.15, 0.2) is 66.2 Å². The third-order valence-corrected chi connectivity index (χ3v) is 5.20. The minimum atomic E-state index is -0.689. The molecule has 0 radical (unpaired) electrons. The molecule has 0 unspecified atom stereocenters. The normalized spacial score (nSPS) is 10.8. The number of hydrogen-bond donors (Lipinski definition) is 1. The van der Waals surface area contributed by atoms with Gasteiger partial charge >= 0.3 is 0 Å². The summed E-state index contributed by atoms with van der Waals surface area (Å²) in [5.41, 5.74) is 1.09. The molecule has 0 bridgehead atoms. The van der Waals surface area contributed by atoms with Crippen LogP contribution in [0.3, 0.4) is 0 Å². The van der Waals surface area contributed by atoms with E-state index >= 15 is 0 Å². The van der Waals surface area contributed by atoms with E-state index in [0.29, 0.717) is 38.4 Å². The SMILES string of the molecule is COc1cccc(/C=C(\C#N)C(=O)Nc2ccc([N+](=O)[O-])cc2)c1OCc1ccc(Cl)cc1Cl. The lowest BCUT2D eigenvalue weighted by Crippen LogP contribution is -2.13. The van der Waals surface area contributed by atoms with Crippen LogP contribution in [0.2, 0.25) is 10.0 Å². The number of benzene rings is 3. The van der Waals surface area contributed by atoms with Gasteiger partial charge in [0.15, 0.2) is 11.5 Å². The molecule has 172 valence electrons. The summed E-state index contributed by atoms with van der Waals surface area (Å²) >= 11 is 12.2. The number of halogens is 2. The van der Waals surface area contributed by atoms with Crippen molar-refractivity contribution in [1.29, 1.82) is 5.26 Å². The maximum atomic E-state index is 12.7. The van der Waals surface area contributed by atoms with Gasteiger partial charge in [-0.3, -0.25) is 14.9 Å².